The molecule has 0 atom stereocenters. The maximum atomic E-state index is 13.1. The normalized spacial score (nSPS) is 18.4. The van der Waals surface area contributed by atoms with Gasteiger partial charge in [-0.2, -0.15) is 0 Å². The molecular weight excluding hydrogens is 386 g/mol. The van der Waals surface area contributed by atoms with E-state index in [4.69, 9.17) is 0 Å². The van der Waals surface area contributed by atoms with Crippen molar-refractivity contribution in [1.29, 1.82) is 0 Å². The van der Waals surface area contributed by atoms with Crippen molar-refractivity contribution in [3.8, 4) is 0 Å². The molecular formula is C20H23N7O3. The zero-order valence-corrected chi connectivity index (χ0v) is 16.7. The number of aryl methyl sites for hydroxylation is 1. The van der Waals surface area contributed by atoms with Crippen molar-refractivity contribution in [2.24, 2.45) is 12.5 Å². The Morgan fingerprint density at radius 2 is 1.90 bits per heavy atom. The zero-order chi connectivity index (χ0) is 20.9. The van der Waals surface area contributed by atoms with Crippen LogP contribution in [0.3, 0.4) is 0 Å². The summed E-state index contributed by atoms with van der Waals surface area (Å²) < 4.78 is 2.96. The van der Waals surface area contributed by atoms with Gasteiger partial charge in [0, 0.05) is 51.0 Å². The largest absolute Gasteiger partial charge is 0.343 e. The Labute approximate surface area is 172 Å². The third-order valence-electron chi connectivity index (χ3n) is 6.09. The Morgan fingerprint density at radius 3 is 2.63 bits per heavy atom. The van der Waals surface area contributed by atoms with Crippen molar-refractivity contribution in [3.05, 3.63) is 52.6 Å². The lowest BCUT2D eigenvalue weighted by Crippen LogP contribution is -2.62. The van der Waals surface area contributed by atoms with Crippen molar-refractivity contribution in [1.82, 2.24) is 33.9 Å². The highest BCUT2D eigenvalue weighted by molar-refractivity contribution is 5.93. The molecule has 3 aromatic rings. The monoisotopic (exact) mass is 409 g/mol. The highest BCUT2D eigenvalue weighted by atomic mass is 16.2. The number of nitrogens with one attached hydrogen (secondary N) is 1. The van der Waals surface area contributed by atoms with Gasteiger partial charge in [-0.05, 0) is 25.0 Å². The molecule has 2 amide bonds. The van der Waals surface area contributed by atoms with Crippen LogP contribution < -0.4 is 5.69 Å². The number of pyridine rings is 1. The molecule has 5 rings (SSSR count). The molecule has 1 spiro atoms. The lowest BCUT2D eigenvalue weighted by molar-refractivity contribution is -0.0117. The average Bonchev–Trinajstić information content (AvgIpc) is 3.21. The van der Waals surface area contributed by atoms with E-state index in [-0.39, 0.29) is 23.1 Å². The molecule has 30 heavy (non-hydrogen) atoms. The minimum absolute atomic E-state index is 0.0589. The van der Waals surface area contributed by atoms with Gasteiger partial charge in [-0.3, -0.25) is 14.6 Å². The second-order valence-electron chi connectivity index (χ2n) is 8.34. The number of fused-ring (bicyclic) bond motifs is 1. The number of aromatic amines is 1. The Balaban J connectivity index is 1.31. The van der Waals surface area contributed by atoms with E-state index in [9.17, 15) is 14.4 Å². The Bertz CT molecular complexity index is 1150. The predicted octanol–water partition coefficient (Wildman–Crippen LogP) is 0.525. The first-order valence-corrected chi connectivity index (χ1v) is 10.1. The first kappa shape index (κ1) is 18.6. The van der Waals surface area contributed by atoms with Crippen LogP contribution >= 0.6 is 0 Å². The summed E-state index contributed by atoms with van der Waals surface area (Å²) in [5.74, 6) is -0.289. The smallest absolute Gasteiger partial charge is 0.337 e. The molecule has 0 aromatic carbocycles. The first-order chi connectivity index (χ1) is 14.4. The molecule has 2 fully saturated rings. The van der Waals surface area contributed by atoms with Gasteiger partial charge in [0.15, 0.2) is 0 Å². The van der Waals surface area contributed by atoms with Gasteiger partial charge in [0.2, 0.25) is 5.82 Å². The van der Waals surface area contributed by atoms with Crippen LogP contribution in [0.15, 0.2) is 35.4 Å². The number of H-pyrrole nitrogens is 1. The molecule has 10 nitrogen and oxygen atoms in total. The molecule has 0 aliphatic carbocycles. The predicted molar refractivity (Wildman–Crippen MR) is 107 cm³/mol. The van der Waals surface area contributed by atoms with Crippen LogP contribution in [0.5, 0.6) is 0 Å². The molecule has 2 saturated heterocycles. The van der Waals surface area contributed by atoms with E-state index in [2.05, 4.69) is 15.1 Å². The van der Waals surface area contributed by atoms with Crippen LogP contribution in [0, 0.1) is 5.41 Å². The van der Waals surface area contributed by atoms with Crippen molar-refractivity contribution >= 4 is 17.5 Å². The number of carbonyl (C=O) groups is 2. The molecule has 10 heteroatoms. The number of imidazole rings is 1. The fourth-order valence-electron chi connectivity index (χ4n) is 4.55. The van der Waals surface area contributed by atoms with Crippen LogP contribution in [0.4, 0.5) is 0 Å². The van der Waals surface area contributed by atoms with E-state index in [1.54, 1.807) is 11.1 Å². The van der Waals surface area contributed by atoms with E-state index in [0.717, 1.165) is 29.6 Å². The summed E-state index contributed by atoms with van der Waals surface area (Å²) in [6.07, 6.45) is 6.55. The molecule has 3 aromatic heterocycles. The van der Waals surface area contributed by atoms with E-state index in [1.165, 1.54) is 7.05 Å². The third-order valence-corrected chi connectivity index (χ3v) is 6.09. The van der Waals surface area contributed by atoms with Crippen LogP contribution in [0.1, 0.15) is 40.4 Å². The number of aromatic nitrogens is 5. The number of hydrogen-bond donors (Lipinski definition) is 1. The molecule has 2 aliphatic heterocycles. The summed E-state index contributed by atoms with van der Waals surface area (Å²) in [5.41, 5.74) is 0.662. The Morgan fingerprint density at radius 1 is 1.10 bits per heavy atom. The molecule has 0 bridgehead atoms. The Kier molecular flexibility index (Phi) is 4.23. The number of likely N-dealkylation sites (tertiary alicyclic amines) is 2. The molecule has 0 radical (unpaired) electrons. The average molecular weight is 409 g/mol. The lowest BCUT2D eigenvalue weighted by atomic mass is 9.75. The van der Waals surface area contributed by atoms with Crippen LogP contribution in [0.25, 0.3) is 5.65 Å². The molecule has 2 aliphatic rings. The standard InChI is InChI=1S/C20H23N7O3/c1-24-19(30)22-16(23-24)18(29)27-12-20(13-27)7-3-5-9-26(11-20)17(28)14-10-25-8-4-2-6-15(25)21-14/h2,4,6,8,10H,3,5,7,9,11-13H2,1H3,(H,22,23,30). The van der Waals surface area contributed by atoms with E-state index >= 15 is 0 Å². The van der Waals surface area contributed by atoms with Gasteiger partial charge < -0.3 is 14.2 Å². The molecule has 0 unspecified atom stereocenters. The minimum atomic E-state index is -0.410. The fraction of sp³-hybridized carbons (Fsp3) is 0.450. The third kappa shape index (κ3) is 3.08. The van der Waals surface area contributed by atoms with E-state index in [0.29, 0.717) is 31.9 Å². The second-order valence-corrected chi connectivity index (χ2v) is 8.34. The second kappa shape index (κ2) is 6.82. The molecule has 5 heterocycles. The number of amides is 2. The maximum Gasteiger partial charge on any atom is 0.343 e. The summed E-state index contributed by atoms with van der Waals surface area (Å²) in [6.45, 7) is 2.40. The number of carbonyl (C=O) groups excluding carboxylic acids is 2. The number of hydrogen-bond acceptors (Lipinski definition) is 5. The fourth-order valence-corrected chi connectivity index (χ4v) is 4.55. The molecule has 1 N–H and O–H groups in total. The number of rotatable bonds is 2. The molecule has 0 saturated carbocycles. The van der Waals surface area contributed by atoms with Crippen molar-refractivity contribution in [2.45, 2.75) is 19.3 Å². The Hall–Kier alpha value is -3.43. The summed E-state index contributed by atoms with van der Waals surface area (Å²) in [7, 11) is 1.50. The summed E-state index contributed by atoms with van der Waals surface area (Å²) in [4.78, 5) is 47.8. The van der Waals surface area contributed by atoms with Gasteiger partial charge in [-0.15, -0.1) is 5.10 Å². The quantitative estimate of drug-likeness (QED) is 0.664. The topological polar surface area (TPSA) is 109 Å². The van der Waals surface area contributed by atoms with Crippen LogP contribution in [0.2, 0.25) is 0 Å². The number of nitrogens with zero attached hydrogens (tertiary/aromatic N) is 6. The van der Waals surface area contributed by atoms with Gasteiger partial charge in [0.1, 0.15) is 11.3 Å². The van der Waals surface area contributed by atoms with Gasteiger partial charge in [0.25, 0.3) is 11.8 Å². The zero-order valence-electron chi connectivity index (χ0n) is 16.7. The summed E-state index contributed by atoms with van der Waals surface area (Å²) in [5, 5.41) is 3.95. The van der Waals surface area contributed by atoms with Crippen molar-refractivity contribution in [3.63, 3.8) is 0 Å². The first-order valence-electron chi connectivity index (χ1n) is 10.1. The maximum absolute atomic E-state index is 13.1. The van der Waals surface area contributed by atoms with Crippen molar-refractivity contribution < 1.29 is 9.59 Å². The van der Waals surface area contributed by atoms with Crippen LogP contribution in [-0.2, 0) is 7.05 Å². The van der Waals surface area contributed by atoms with E-state index in [1.807, 2.05) is 33.7 Å². The minimum Gasteiger partial charge on any atom is -0.337 e. The van der Waals surface area contributed by atoms with Crippen molar-refractivity contribution in [2.75, 3.05) is 26.2 Å². The summed E-state index contributed by atoms with van der Waals surface area (Å²) >= 11 is 0. The highest BCUT2D eigenvalue weighted by Gasteiger charge is 2.48. The SMILES string of the molecule is Cn1nc(C(=O)N2CC3(CCCCN(C(=O)c4cn5ccccc5n4)C3)C2)[nH]c1=O. The lowest BCUT2D eigenvalue weighted by Gasteiger charge is -2.50. The summed E-state index contributed by atoms with van der Waals surface area (Å²) in [6, 6.07) is 5.67. The molecule has 156 valence electrons. The van der Waals surface area contributed by atoms with E-state index < -0.39 is 5.69 Å². The van der Waals surface area contributed by atoms with Gasteiger partial charge in [-0.25, -0.2) is 14.5 Å². The van der Waals surface area contributed by atoms with Gasteiger partial charge >= 0.3 is 5.69 Å². The van der Waals surface area contributed by atoms with Gasteiger partial charge in [-0.1, -0.05) is 12.5 Å². The van der Waals surface area contributed by atoms with Crippen LogP contribution in [-0.4, -0.2) is 71.9 Å². The highest BCUT2D eigenvalue weighted by Crippen LogP contribution is 2.39. The van der Waals surface area contributed by atoms with Gasteiger partial charge in [0.05, 0.1) is 0 Å².